The first-order chi connectivity index (χ1) is 16.0. The maximum atomic E-state index is 13.0. The van der Waals surface area contributed by atoms with Crippen LogP contribution < -0.4 is 10.6 Å². The Morgan fingerprint density at radius 3 is 2.44 bits per heavy atom. The highest BCUT2D eigenvalue weighted by molar-refractivity contribution is 8.13. The van der Waals surface area contributed by atoms with Crippen molar-refractivity contribution >= 4 is 45.3 Å². The van der Waals surface area contributed by atoms with Gasteiger partial charge in [-0.2, -0.15) is 0 Å². The molecule has 7 nitrogen and oxygen atoms in total. The van der Waals surface area contributed by atoms with Crippen LogP contribution in [0.4, 0.5) is 9.93 Å². The molecule has 0 aliphatic rings. The Morgan fingerprint density at radius 1 is 1.09 bits per heavy atom. The molecule has 2 N–H and O–H groups in total. The normalized spacial score (nSPS) is 12.3. The molecule has 0 saturated carbocycles. The molecule has 2 amide bonds. The van der Waals surface area contributed by atoms with Crippen molar-refractivity contribution in [3.05, 3.63) is 35.7 Å². The highest BCUT2D eigenvalue weighted by Gasteiger charge is 2.25. The molecular formula is C25H35N3O4S2. The largest absolute Gasteiger partial charge is 0.444 e. The number of rotatable bonds is 11. The van der Waals surface area contributed by atoms with Crippen LogP contribution in [0.25, 0.3) is 11.3 Å². The van der Waals surface area contributed by atoms with Crippen molar-refractivity contribution in [2.45, 2.75) is 71.9 Å². The summed E-state index contributed by atoms with van der Waals surface area (Å²) in [5.41, 5.74) is 1.09. The molecule has 2 aromatic rings. The van der Waals surface area contributed by atoms with Crippen LogP contribution in [0.3, 0.4) is 0 Å². The van der Waals surface area contributed by atoms with E-state index in [2.05, 4.69) is 15.6 Å². The van der Waals surface area contributed by atoms with Crippen LogP contribution in [-0.2, 0) is 14.3 Å². The average molecular weight is 506 g/mol. The number of nitrogens with zero attached hydrogens (tertiary/aromatic N) is 1. The Morgan fingerprint density at radius 2 is 1.79 bits per heavy atom. The van der Waals surface area contributed by atoms with E-state index in [1.807, 2.05) is 49.6 Å². The summed E-state index contributed by atoms with van der Waals surface area (Å²) in [6.07, 6.45) is 2.29. The van der Waals surface area contributed by atoms with Gasteiger partial charge in [-0.25, -0.2) is 9.78 Å². The lowest BCUT2D eigenvalue weighted by molar-refractivity contribution is -0.118. The smallest absolute Gasteiger partial charge is 0.408 e. The molecule has 0 aliphatic heterocycles. The van der Waals surface area contributed by atoms with Crippen LogP contribution in [0, 0.1) is 5.92 Å². The van der Waals surface area contributed by atoms with Gasteiger partial charge in [-0.1, -0.05) is 68.8 Å². The second kappa shape index (κ2) is 13.5. The number of amides is 2. The third kappa shape index (κ3) is 10.3. The van der Waals surface area contributed by atoms with Crippen LogP contribution in [0.15, 0.2) is 35.7 Å². The molecule has 34 heavy (non-hydrogen) atoms. The number of nitrogens with one attached hydrogen (secondary N) is 2. The number of thioether (sulfide) groups is 1. The average Bonchev–Trinajstić information content (AvgIpc) is 3.22. The van der Waals surface area contributed by atoms with Crippen LogP contribution >= 0.6 is 23.1 Å². The summed E-state index contributed by atoms with van der Waals surface area (Å²) in [6.45, 7) is 9.12. The molecule has 1 heterocycles. The SMILES string of the molecule is CC(C)C(=O)SCCCCC[C@H](NC(=O)OC(C)(C)C)C(=O)Nc1nc(-c2ccccc2)cs1. The molecule has 0 aliphatic carbocycles. The molecule has 0 bridgehead atoms. The number of aromatic nitrogens is 1. The first kappa shape index (κ1) is 27.9. The van der Waals surface area contributed by atoms with E-state index in [1.165, 1.54) is 23.1 Å². The number of hydrogen-bond donors (Lipinski definition) is 2. The van der Waals surface area contributed by atoms with Crippen molar-refractivity contribution in [1.82, 2.24) is 10.3 Å². The Labute approximate surface area is 210 Å². The van der Waals surface area contributed by atoms with E-state index in [-0.39, 0.29) is 16.9 Å². The maximum Gasteiger partial charge on any atom is 0.408 e. The number of ether oxygens (including phenoxy) is 1. The zero-order chi connectivity index (χ0) is 25.1. The Hall–Kier alpha value is -2.39. The number of unbranched alkanes of at least 4 members (excludes halogenated alkanes) is 2. The summed E-state index contributed by atoms with van der Waals surface area (Å²) >= 11 is 2.69. The van der Waals surface area contributed by atoms with Gasteiger partial charge in [0, 0.05) is 22.6 Å². The number of carbonyl (C=O) groups excluding carboxylic acids is 3. The number of thiazole rings is 1. The fourth-order valence-electron chi connectivity index (χ4n) is 2.95. The highest BCUT2D eigenvalue weighted by Crippen LogP contribution is 2.25. The Kier molecular flexibility index (Phi) is 11.0. The molecule has 1 atom stereocenters. The lowest BCUT2D eigenvalue weighted by Gasteiger charge is -2.23. The summed E-state index contributed by atoms with van der Waals surface area (Å²) in [5, 5.41) is 8.09. The zero-order valence-corrected chi connectivity index (χ0v) is 22.2. The molecule has 1 aromatic carbocycles. The molecule has 0 saturated heterocycles. The lowest BCUT2D eigenvalue weighted by Crippen LogP contribution is -2.45. The number of benzene rings is 1. The predicted molar refractivity (Wildman–Crippen MR) is 140 cm³/mol. The monoisotopic (exact) mass is 505 g/mol. The molecule has 0 unspecified atom stereocenters. The van der Waals surface area contributed by atoms with Gasteiger partial charge in [0.2, 0.25) is 5.91 Å². The molecule has 0 radical (unpaired) electrons. The fraction of sp³-hybridized carbons (Fsp3) is 0.520. The standard InChI is InChI=1S/C25H35N3O4S2/c1-17(2)22(30)33-15-11-7-10-14-19(27-24(31)32-25(3,4)5)21(29)28-23-26-20(16-34-23)18-12-8-6-9-13-18/h6,8-9,12-13,16-17,19H,7,10-11,14-15H2,1-5H3,(H,27,31)(H,26,28,29)/t19-/m0/s1. The zero-order valence-electron chi connectivity index (χ0n) is 20.6. The van der Waals surface area contributed by atoms with Crippen LogP contribution in [0.1, 0.15) is 60.3 Å². The first-order valence-electron chi connectivity index (χ1n) is 11.5. The van der Waals surface area contributed by atoms with Gasteiger partial charge < -0.3 is 15.4 Å². The van der Waals surface area contributed by atoms with Gasteiger partial charge >= 0.3 is 6.09 Å². The van der Waals surface area contributed by atoms with Crippen LogP contribution in [0.2, 0.25) is 0 Å². The Bertz CT molecular complexity index is 939. The summed E-state index contributed by atoms with van der Waals surface area (Å²) in [5.74, 6) is 0.461. The molecule has 9 heteroatoms. The van der Waals surface area contributed by atoms with Crippen LogP contribution in [0.5, 0.6) is 0 Å². The number of hydrogen-bond acceptors (Lipinski definition) is 7. The molecule has 186 valence electrons. The number of anilines is 1. The lowest BCUT2D eigenvalue weighted by atomic mass is 10.1. The summed E-state index contributed by atoms with van der Waals surface area (Å²) < 4.78 is 5.34. The van der Waals surface area contributed by atoms with E-state index in [0.29, 0.717) is 11.6 Å². The molecule has 1 aromatic heterocycles. The molecule has 2 rings (SSSR count). The molecule has 0 fully saturated rings. The van der Waals surface area contributed by atoms with Gasteiger partial charge in [0.05, 0.1) is 5.69 Å². The highest BCUT2D eigenvalue weighted by atomic mass is 32.2. The van der Waals surface area contributed by atoms with E-state index in [9.17, 15) is 14.4 Å². The van der Waals surface area contributed by atoms with Gasteiger partial charge in [0.25, 0.3) is 0 Å². The third-order valence-electron chi connectivity index (χ3n) is 4.66. The van der Waals surface area contributed by atoms with E-state index < -0.39 is 17.7 Å². The summed E-state index contributed by atoms with van der Waals surface area (Å²) in [7, 11) is 0. The van der Waals surface area contributed by atoms with Crippen molar-refractivity contribution in [2.75, 3.05) is 11.1 Å². The van der Waals surface area contributed by atoms with Crippen molar-refractivity contribution in [1.29, 1.82) is 0 Å². The predicted octanol–water partition coefficient (Wildman–Crippen LogP) is 6.12. The topological polar surface area (TPSA) is 97.4 Å². The van der Waals surface area contributed by atoms with Gasteiger partial charge in [-0.05, 0) is 33.6 Å². The van der Waals surface area contributed by atoms with Gasteiger partial charge in [-0.15, -0.1) is 11.3 Å². The van der Waals surface area contributed by atoms with Crippen molar-refractivity contribution in [2.24, 2.45) is 5.92 Å². The van der Waals surface area contributed by atoms with Gasteiger partial charge in [0.15, 0.2) is 10.2 Å². The second-order valence-electron chi connectivity index (χ2n) is 9.26. The van der Waals surface area contributed by atoms with E-state index in [0.717, 1.165) is 36.3 Å². The van der Waals surface area contributed by atoms with E-state index in [1.54, 1.807) is 20.8 Å². The Balaban J connectivity index is 1.93. The van der Waals surface area contributed by atoms with Crippen LogP contribution in [-0.4, -0.2) is 39.5 Å². The minimum Gasteiger partial charge on any atom is -0.444 e. The summed E-state index contributed by atoms with van der Waals surface area (Å²) in [4.78, 5) is 41.5. The minimum atomic E-state index is -0.746. The number of carbonyl (C=O) groups is 3. The fourth-order valence-corrected chi connectivity index (χ4v) is 4.56. The maximum absolute atomic E-state index is 13.0. The van der Waals surface area contributed by atoms with E-state index in [4.69, 9.17) is 4.74 Å². The quantitative estimate of drug-likeness (QED) is 0.357. The number of alkyl carbamates (subject to hydrolysis) is 1. The van der Waals surface area contributed by atoms with Crippen molar-refractivity contribution in [3.63, 3.8) is 0 Å². The molecular weight excluding hydrogens is 470 g/mol. The van der Waals surface area contributed by atoms with Crippen molar-refractivity contribution in [3.8, 4) is 11.3 Å². The summed E-state index contributed by atoms with van der Waals surface area (Å²) in [6, 6.07) is 8.98. The molecule has 0 spiro atoms. The minimum absolute atomic E-state index is 0.0318. The van der Waals surface area contributed by atoms with Gasteiger partial charge in [-0.3, -0.25) is 9.59 Å². The first-order valence-corrected chi connectivity index (χ1v) is 13.4. The van der Waals surface area contributed by atoms with Crippen molar-refractivity contribution < 1.29 is 19.1 Å². The third-order valence-corrected chi connectivity index (χ3v) is 6.67. The second-order valence-corrected chi connectivity index (χ2v) is 11.2. The van der Waals surface area contributed by atoms with Gasteiger partial charge in [0.1, 0.15) is 11.6 Å². The van der Waals surface area contributed by atoms with E-state index >= 15 is 0 Å².